The van der Waals surface area contributed by atoms with E-state index < -0.39 is 0 Å². The predicted molar refractivity (Wildman–Crippen MR) is 101 cm³/mol. The van der Waals surface area contributed by atoms with E-state index in [4.69, 9.17) is 10.5 Å². The van der Waals surface area contributed by atoms with E-state index >= 15 is 0 Å². The maximum absolute atomic E-state index is 6.28. The summed E-state index contributed by atoms with van der Waals surface area (Å²) in [6.45, 7) is 0. The number of hydrogen-bond donors (Lipinski definition) is 1. The lowest BCUT2D eigenvalue weighted by atomic mass is 10.2. The Balaban J connectivity index is 1.60. The van der Waals surface area contributed by atoms with E-state index in [-0.39, 0.29) is 5.50 Å². The summed E-state index contributed by atoms with van der Waals surface area (Å²) in [7, 11) is 0. The first kappa shape index (κ1) is 15.5. The van der Waals surface area contributed by atoms with Crippen LogP contribution in [0.1, 0.15) is 0 Å². The number of thioether (sulfide) groups is 1. The van der Waals surface area contributed by atoms with Crippen LogP contribution in [0.3, 0.4) is 0 Å². The first-order chi connectivity index (χ1) is 11.7. The van der Waals surface area contributed by atoms with Crippen LogP contribution in [0, 0.1) is 0 Å². The van der Waals surface area contributed by atoms with Crippen LogP contribution in [0.4, 0.5) is 11.4 Å². The zero-order valence-corrected chi connectivity index (χ0v) is 15.0. The molecule has 1 atom stereocenters. The number of para-hydroxylation sites is 1. The third-order valence-corrected chi connectivity index (χ3v) is 5.34. The number of hydrogen-bond acceptors (Lipinski definition) is 5. The summed E-state index contributed by atoms with van der Waals surface area (Å²) in [4.78, 5) is 7.53. The van der Waals surface area contributed by atoms with Crippen molar-refractivity contribution in [3.8, 4) is 11.6 Å². The Morgan fingerprint density at radius 3 is 2.62 bits per heavy atom. The number of fused-ring (bicyclic) bond motifs is 1. The Bertz CT molecular complexity index is 872. The lowest BCUT2D eigenvalue weighted by Gasteiger charge is -2.23. The third-order valence-electron chi connectivity index (χ3n) is 3.68. The summed E-state index contributed by atoms with van der Waals surface area (Å²) in [5.74, 6) is 1.27. The van der Waals surface area contributed by atoms with Crippen molar-refractivity contribution in [2.75, 3.05) is 4.90 Å². The molecule has 0 saturated heterocycles. The summed E-state index contributed by atoms with van der Waals surface area (Å²) in [6, 6.07) is 19.9. The smallest absolute Gasteiger partial charge is 0.233 e. The summed E-state index contributed by atoms with van der Waals surface area (Å²) < 4.78 is 6.63. The van der Waals surface area contributed by atoms with E-state index in [1.54, 1.807) is 18.0 Å². The van der Waals surface area contributed by atoms with Gasteiger partial charge in [0.1, 0.15) is 11.2 Å². The first-order valence-electron chi connectivity index (χ1n) is 7.41. The molecule has 2 N–H and O–H groups in total. The van der Waals surface area contributed by atoms with Crippen molar-refractivity contribution in [2.45, 2.75) is 10.4 Å². The molecular weight excluding hydrogens is 386 g/mol. The van der Waals surface area contributed by atoms with Crippen LogP contribution < -0.4 is 15.4 Å². The van der Waals surface area contributed by atoms with Gasteiger partial charge in [-0.3, -0.25) is 0 Å². The molecule has 6 heteroatoms. The second kappa shape index (κ2) is 6.47. The zero-order valence-electron chi connectivity index (χ0n) is 12.6. The topological polar surface area (TPSA) is 51.4 Å². The molecule has 0 amide bonds. The molecular formula is C18H14BrN3OS. The van der Waals surface area contributed by atoms with Crippen molar-refractivity contribution < 1.29 is 4.74 Å². The van der Waals surface area contributed by atoms with Crippen LogP contribution in [-0.4, -0.2) is 10.5 Å². The van der Waals surface area contributed by atoms with Gasteiger partial charge in [-0.05, 0) is 64.5 Å². The maximum atomic E-state index is 6.28. The molecule has 2 heterocycles. The Morgan fingerprint density at radius 2 is 1.83 bits per heavy atom. The molecule has 3 aromatic rings. The molecule has 0 fully saturated rings. The van der Waals surface area contributed by atoms with Crippen molar-refractivity contribution in [3.63, 3.8) is 0 Å². The highest BCUT2D eigenvalue weighted by atomic mass is 79.9. The molecule has 0 spiro atoms. The second-order valence-electron chi connectivity index (χ2n) is 5.23. The fourth-order valence-corrected chi connectivity index (χ4v) is 3.98. The lowest BCUT2D eigenvalue weighted by molar-refractivity contribution is 0.459. The van der Waals surface area contributed by atoms with E-state index in [1.165, 1.54) is 4.90 Å². The molecule has 1 aliphatic rings. The fraction of sp³-hybridized carbons (Fsp3) is 0.0556. The Hall–Kier alpha value is -2.02. The predicted octanol–water partition coefficient (Wildman–Crippen LogP) is 5.12. The Labute approximate surface area is 152 Å². The SMILES string of the molecule is NC1Sc2ccccc2N1c1ccc(Oc2ncccc2Br)cc1. The first-order valence-corrected chi connectivity index (χ1v) is 9.08. The molecule has 4 nitrogen and oxygen atoms in total. The van der Waals surface area contributed by atoms with E-state index in [2.05, 4.69) is 37.9 Å². The van der Waals surface area contributed by atoms with Crippen LogP contribution in [0.25, 0.3) is 0 Å². The van der Waals surface area contributed by atoms with Crippen LogP contribution in [0.15, 0.2) is 76.2 Å². The third kappa shape index (κ3) is 2.88. The normalized spacial score (nSPS) is 16.1. The summed E-state index contributed by atoms with van der Waals surface area (Å²) in [5.41, 5.74) is 8.33. The quantitative estimate of drug-likeness (QED) is 0.661. The summed E-state index contributed by atoms with van der Waals surface area (Å²) in [6.07, 6.45) is 1.70. The number of nitrogens with zero attached hydrogens (tertiary/aromatic N) is 2. The molecule has 1 aromatic heterocycles. The molecule has 2 aromatic carbocycles. The van der Waals surface area contributed by atoms with Crippen molar-refractivity contribution >= 4 is 39.1 Å². The van der Waals surface area contributed by atoms with Gasteiger partial charge in [-0.1, -0.05) is 23.9 Å². The molecule has 120 valence electrons. The minimum absolute atomic E-state index is 0.126. The van der Waals surface area contributed by atoms with Crippen molar-refractivity contribution in [1.82, 2.24) is 4.98 Å². The van der Waals surface area contributed by atoms with Gasteiger partial charge in [0.05, 0.1) is 10.2 Å². The van der Waals surface area contributed by atoms with E-state index in [1.807, 2.05) is 48.5 Å². The highest BCUT2D eigenvalue weighted by Gasteiger charge is 2.28. The summed E-state index contributed by atoms with van der Waals surface area (Å²) >= 11 is 5.09. The van der Waals surface area contributed by atoms with E-state index in [9.17, 15) is 0 Å². The average molecular weight is 400 g/mol. The highest BCUT2D eigenvalue weighted by Crippen LogP contribution is 2.45. The Morgan fingerprint density at radius 1 is 1.04 bits per heavy atom. The number of rotatable bonds is 3. The van der Waals surface area contributed by atoms with Gasteiger partial charge in [-0.15, -0.1) is 0 Å². The van der Waals surface area contributed by atoms with E-state index in [0.29, 0.717) is 5.88 Å². The molecule has 4 rings (SSSR count). The standard InChI is InChI=1S/C18H14BrN3OS/c19-14-4-3-11-21-17(14)23-13-9-7-12(8-10-13)22-15-5-1-2-6-16(15)24-18(22)20/h1-11,18H,20H2. The van der Waals surface area contributed by atoms with Gasteiger partial charge in [-0.25, -0.2) is 4.98 Å². The van der Waals surface area contributed by atoms with Gasteiger partial charge >= 0.3 is 0 Å². The van der Waals surface area contributed by atoms with E-state index in [0.717, 1.165) is 21.6 Å². The zero-order chi connectivity index (χ0) is 16.5. The fourth-order valence-electron chi connectivity index (χ4n) is 2.59. The van der Waals surface area contributed by atoms with Crippen LogP contribution >= 0.6 is 27.7 Å². The number of aromatic nitrogens is 1. The number of benzene rings is 2. The minimum atomic E-state index is -0.126. The number of nitrogens with two attached hydrogens (primary N) is 1. The summed E-state index contributed by atoms with van der Waals surface area (Å²) in [5, 5.41) is 0. The molecule has 1 unspecified atom stereocenters. The highest BCUT2D eigenvalue weighted by molar-refractivity contribution is 9.10. The largest absolute Gasteiger partial charge is 0.438 e. The molecule has 1 aliphatic heterocycles. The van der Waals surface area contributed by atoms with Gasteiger partial charge in [0, 0.05) is 16.8 Å². The lowest BCUT2D eigenvalue weighted by Crippen LogP contribution is -2.31. The average Bonchev–Trinajstić information content (AvgIpc) is 2.93. The van der Waals surface area contributed by atoms with Crippen LogP contribution in [0.2, 0.25) is 0 Å². The van der Waals surface area contributed by atoms with Crippen LogP contribution in [0.5, 0.6) is 11.6 Å². The number of halogens is 1. The van der Waals surface area contributed by atoms with Gasteiger partial charge in [0.2, 0.25) is 5.88 Å². The van der Waals surface area contributed by atoms with Gasteiger partial charge in [0.25, 0.3) is 0 Å². The number of ether oxygens (including phenoxy) is 1. The van der Waals surface area contributed by atoms with Crippen molar-refractivity contribution in [3.05, 3.63) is 71.3 Å². The number of anilines is 2. The van der Waals surface area contributed by atoms with Gasteiger partial charge < -0.3 is 15.4 Å². The Kier molecular flexibility index (Phi) is 4.18. The van der Waals surface area contributed by atoms with Crippen molar-refractivity contribution in [2.24, 2.45) is 5.73 Å². The van der Waals surface area contributed by atoms with Gasteiger partial charge in [0.15, 0.2) is 0 Å². The molecule has 0 saturated carbocycles. The molecule has 0 bridgehead atoms. The second-order valence-corrected chi connectivity index (χ2v) is 7.25. The molecule has 24 heavy (non-hydrogen) atoms. The number of pyridine rings is 1. The minimum Gasteiger partial charge on any atom is -0.438 e. The monoisotopic (exact) mass is 399 g/mol. The van der Waals surface area contributed by atoms with Gasteiger partial charge in [-0.2, -0.15) is 0 Å². The molecule has 0 radical (unpaired) electrons. The van der Waals surface area contributed by atoms with Crippen LogP contribution in [-0.2, 0) is 0 Å². The van der Waals surface area contributed by atoms with Crippen molar-refractivity contribution in [1.29, 1.82) is 0 Å². The maximum Gasteiger partial charge on any atom is 0.233 e. The molecule has 0 aliphatic carbocycles.